The van der Waals surface area contributed by atoms with Gasteiger partial charge in [0, 0.05) is 43.0 Å². The van der Waals surface area contributed by atoms with Crippen molar-refractivity contribution >= 4 is 29.9 Å². The number of benzene rings is 1. The van der Waals surface area contributed by atoms with E-state index >= 15 is 0 Å². The lowest BCUT2D eigenvalue weighted by Gasteiger charge is -2.25. The second kappa shape index (κ2) is 11.9. The van der Waals surface area contributed by atoms with Crippen LogP contribution in [0.5, 0.6) is 0 Å². The number of nitrogens with two attached hydrogens (primary N) is 1. The van der Waals surface area contributed by atoms with Crippen molar-refractivity contribution in [3.05, 3.63) is 29.8 Å². The number of hydrogen-bond acceptors (Lipinski definition) is 4. The summed E-state index contributed by atoms with van der Waals surface area (Å²) >= 11 is 0. The van der Waals surface area contributed by atoms with Crippen LogP contribution in [0.3, 0.4) is 0 Å². The van der Waals surface area contributed by atoms with Crippen LogP contribution in [-0.2, 0) is 9.53 Å². The summed E-state index contributed by atoms with van der Waals surface area (Å²) < 4.78 is 5.24. The Kier molecular flexibility index (Phi) is 10.2. The van der Waals surface area contributed by atoms with Crippen molar-refractivity contribution in [2.75, 3.05) is 25.1 Å². The summed E-state index contributed by atoms with van der Waals surface area (Å²) in [7, 11) is 0. The van der Waals surface area contributed by atoms with E-state index in [0.29, 0.717) is 31.0 Å². The molecule has 1 saturated carbocycles. The molecule has 1 aromatic carbocycles. The highest BCUT2D eigenvalue weighted by Crippen LogP contribution is 2.24. The van der Waals surface area contributed by atoms with Crippen molar-refractivity contribution in [1.29, 1.82) is 0 Å². The molecular formula is C19H30ClN3O3. The van der Waals surface area contributed by atoms with Crippen LogP contribution in [0.2, 0.25) is 0 Å². The van der Waals surface area contributed by atoms with Crippen molar-refractivity contribution in [1.82, 2.24) is 5.32 Å². The standard InChI is InChI=1S/C19H29N3O3.ClH/c1-2-25-11-5-10-21-18(23)15-7-4-9-17(13-15)22-19(24)14-6-3-8-16(20)12-14;/h4,7,9,13-14,16H,2-3,5-6,8,10-12,20H2,1H3,(H,21,23)(H,22,24);1H. The Morgan fingerprint density at radius 2 is 2.12 bits per heavy atom. The fourth-order valence-electron chi connectivity index (χ4n) is 3.07. The lowest BCUT2D eigenvalue weighted by Crippen LogP contribution is -2.34. The number of carbonyl (C=O) groups is 2. The Hall–Kier alpha value is -1.63. The summed E-state index contributed by atoms with van der Waals surface area (Å²) in [5.74, 6) is -0.198. The molecule has 0 bridgehead atoms. The summed E-state index contributed by atoms with van der Waals surface area (Å²) in [6.07, 6.45) is 4.36. The molecule has 4 N–H and O–H groups in total. The number of carbonyl (C=O) groups excluding carboxylic acids is 2. The van der Waals surface area contributed by atoms with Gasteiger partial charge in [-0.25, -0.2) is 0 Å². The molecule has 0 saturated heterocycles. The first-order valence-corrected chi connectivity index (χ1v) is 9.12. The molecule has 1 fully saturated rings. The van der Waals surface area contributed by atoms with E-state index in [2.05, 4.69) is 10.6 Å². The molecule has 146 valence electrons. The van der Waals surface area contributed by atoms with Crippen LogP contribution in [0.25, 0.3) is 0 Å². The number of anilines is 1. The van der Waals surface area contributed by atoms with Crippen LogP contribution in [0.4, 0.5) is 5.69 Å². The van der Waals surface area contributed by atoms with E-state index < -0.39 is 0 Å². The molecule has 0 aromatic heterocycles. The fourth-order valence-corrected chi connectivity index (χ4v) is 3.07. The Morgan fingerprint density at radius 3 is 2.85 bits per heavy atom. The second-order valence-corrected chi connectivity index (χ2v) is 6.50. The zero-order chi connectivity index (χ0) is 18.1. The average molecular weight is 384 g/mol. The summed E-state index contributed by atoms with van der Waals surface area (Å²) in [4.78, 5) is 24.6. The maximum Gasteiger partial charge on any atom is 0.251 e. The van der Waals surface area contributed by atoms with E-state index in [-0.39, 0.29) is 36.2 Å². The smallest absolute Gasteiger partial charge is 0.251 e. The molecule has 1 aromatic rings. The Morgan fingerprint density at radius 1 is 1.31 bits per heavy atom. The number of hydrogen-bond donors (Lipinski definition) is 3. The second-order valence-electron chi connectivity index (χ2n) is 6.50. The number of amides is 2. The van der Waals surface area contributed by atoms with Gasteiger partial charge in [0.25, 0.3) is 5.91 Å². The van der Waals surface area contributed by atoms with E-state index in [1.54, 1.807) is 24.3 Å². The van der Waals surface area contributed by atoms with Crippen molar-refractivity contribution in [2.45, 2.75) is 45.1 Å². The third kappa shape index (κ3) is 7.32. The van der Waals surface area contributed by atoms with Crippen molar-refractivity contribution in [3.8, 4) is 0 Å². The van der Waals surface area contributed by atoms with Crippen molar-refractivity contribution < 1.29 is 14.3 Å². The van der Waals surface area contributed by atoms with Gasteiger partial charge in [0.15, 0.2) is 0 Å². The van der Waals surface area contributed by atoms with Crippen LogP contribution >= 0.6 is 12.4 Å². The largest absolute Gasteiger partial charge is 0.382 e. The highest BCUT2D eigenvalue weighted by molar-refractivity contribution is 5.97. The van der Waals surface area contributed by atoms with Gasteiger partial charge in [-0.3, -0.25) is 9.59 Å². The third-order valence-electron chi connectivity index (χ3n) is 4.43. The van der Waals surface area contributed by atoms with E-state index in [1.165, 1.54) is 0 Å². The van der Waals surface area contributed by atoms with Crippen molar-refractivity contribution in [3.63, 3.8) is 0 Å². The van der Waals surface area contributed by atoms with Gasteiger partial charge in [-0.15, -0.1) is 12.4 Å². The van der Waals surface area contributed by atoms with Crippen molar-refractivity contribution in [2.24, 2.45) is 11.7 Å². The van der Waals surface area contributed by atoms with Gasteiger partial charge in [0.1, 0.15) is 0 Å². The highest BCUT2D eigenvalue weighted by atomic mass is 35.5. The molecule has 2 unspecified atom stereocenters. The molecule has 0 aliphatic heterocycles. The maximum absolute atomic E-state index is 12.4. The zero-order valence-corrected chi connectivity index (χ0v) is 16.1. The molecule has 1 aliphatic rings. The SMILES string of the molecule is CCOCCCNC(=O)c1cccc(NC(=O)C2CCCC(N)C2)c1.Cl. The summed E-state index contributed by atoms with van der Waals surface area (Å²) in [6.45, 7) is 3.83. The first kappa shape index (κ1) is 22.4. The normalized spacial score (nSPS) is 19.3. The molecule has 2 amide bonds. The Bertz CT molecular complexity index is 583. The lowest BCUT2D eigenvalue weighted by atomic mass is 9.85. The van der Waals surface area contributed by atoms with E-state index in [4.69, 9.17) is 10.5 Å². The molecule has 1 aliphatic carbocycles. The van der Waals surface area contributed by atoms with E-state index in [1.807, 2.05) is 6.92 Å². The minimum Gasteiger partial charge on any atom is -0.382 e. The number of nitrogens with one attached hydrogen (secondary N) is 2. The lowest BCUT2D eigenvalue weighted by molar-refractivity contribution is -0.120. The van der Waals surface area contributed by atoms with Crippen LogP contribution in [0.15, 0.2) is 24.3 Å². The van der Waals surface area contributed by atoms with Crippen LogP contribution in [0.1, 0.15) is 49.4 Å². The Labute approximate surface area is 161 Å². The van der Waals surface area contributed by atoms with Gasteiger partial charge in [-0.1, -0.05) is 12.5 Å². The minimum atomic E-state index is -0.146. The van der Waals surface area contributed by atoms with Gasteiger partial charge >= 0.3 is 0 Å². The molecule has 0 heterocycles. The van der Waals surface area contributed by atoms with E-state index in [0.717, 1.165) is 32.1 Å². The number of halogens is 1. The minimum absolute atomic E-state index is 0. The van der Waals surface area contributed by atoms with E-state index in [9.17, 15) is 9.59 Å². The topological polar surface area (TPSA) is 93.5 Å². The average Bonchev–Trinajstić information content (AvgIpc) is 2.61. The van der Waals surface area contributed by atoms with Crippen LogP contribution < -0.4 is 16.4 Å². The molecule has 0 spiro atoms. The summed E-state index contributed by atoms with van der Waals surface area (Å²) in [5, 5.41) is 5.78. The maximum atomic E-state index is 12.4. The molecule has 6 nitrogen and oxygen atoms in total. The van der Waals surface area contributed by atoms with Gasteiger partial charge in [0.2, 0.25) is 5.91 Å². The van der Waals surface area contributed by atoms with Gasteiger partial charge in [-0.2, -0.15) is 0 Å². The van der Waals surface area contributed by atoms with Gasteiger partial charge in [0.05, 0.1) is 0 Å². The Balaban J connectivity index is 0.00000338. The monoisotopic (exact) mass is 383 g/mol. The molecular weight excluding hydrogens is 354 g/mol. The highest BCUT2D eigenvalue weighted by Gasteiger charge is 2.25. The van der Waals surface area contributed by atoms with Gasteiger partial charge < -0.3 is 21.1 Å². The first-order chi connectivity index (χ1) is 12.1. The molecule has 0 radical (unpaired) electrons. The number of ether oxygens (including phenoxy) is 1. The molecule has 2 rings (SSSR count). The quantitative estimate of drug-likeness (QED) is 0.601. The first-order valence-electron chi connectivity index (χ1n) is 9.12. The number of rotatable bonds is 8. The van der Waals surface area contributed by atoms with Gasteiger partial charge in [-0.05, 0) is 50.8 Å². The van der Waals surface area contributed by atoms with Crippen LogP contribution in [-0.4, -0.2) is 37.6 Å². The summed E-state index contributed by atoms with van der Waals surface area (Å²) in [6, 6.07) is 7.13. The predicted octanol–water partition coefficient (Wildman–Crippen LogP) is 2.72. The molecule has 7 heteroatoms. The molecule has 26 heavy (non-hydrogen) atoms. The van der Waals surface area contributed by atoms with Crippen LogP contribution in [0, 0.1) is 5.92 Å². The zero-order valence-electron chi connectivity index (χ0n) is 15.3. The fraction of sp³-hybridized carbons (Fsp3) is 0.579. The predicted molar refractivity (Wildman–Crippen MR) is 106 cm³/mol. The third-order valence-corrected chi connectivity index (χ3v) is 4.43. The molecule has 2 atom stereocenters. The summed E-state index contributed by atoms with van der Waals surface area (Å²) in [5.41, 5.74) is 7.14.